The van der Waals surface area contributed by atoms with Gasteiger partial charge in [0.05, 0.1) is 11.5 Å². The van der Waals surface area contributed by atoms with Gasteiger partial charge in [-0.05, 0) is 26.7 Å². The lowest BCUT2D eigenvalue weighted by Crippen LogP contribution is -2.33. The molecule has 2 unspecified atom stereocenters. The molecular formula is C12H24O4. The average Bonchev–Trinajstić information content (AvgIpc) is 2.24. The molecule has 0 radical (unpaired) electrons. The van der Waals surface area contributed by atoms with Crippen molar-refractivity contribution in [1.82, 2.24) is 0 Å². The Morgan fingerprint density at radius 1 is 1.38 bits per heavy atom. The molecule has 0 saturated carbocycles. The van der Waals surface area contributed by atoms with Crippen molar-refractivity contribution in [3.8, 4) is 0 Å². The van der Waals surface area contributed by atoms with E-state index in [9.17, 15) is 9.90 Å². The van der Waals surface area contributed by atoms with Crippen molar-refractivity contribution in [2.45, 2.75) is 59.4 Å². The van der Waals surface area contributed by atoms with Gasteiger partial charge in [-0.1, -0.05) is 20.8 Å². The van der Waals surface area contributed by atoms with Crippen molar-refractivity contribution in [3.63, 3.8) is 0 Å². The number of carbonyl (C=O) groups is 1. The van der Waals surface area contributed by atoms with Gasteiger partial charge >= 0.3 is 5.97 Å². The molecule has 0 aromatic rings. The molecule has 0 aliphatic carbocycles. The van der Waals surface area contributed by atoms with E-state index in [0.29, 0.717) is 0 Å². The highest BCUT2D eigenvalue weighted by Crippen LogP contribution is 2.15. The molecular weight excluding hydrogens is 208 g/mol. The molecule has 0 bridgehead atoms. The Morgan fingerprint density at radius 2 is 1.94 bits per heavy atom. The van der Waals surface area contributed by atoms with E-state index in [0.717, 1.165) is 12.8 Å². The summed E-state index contributed by atoms with van der Waals surface area (Å²) in [6, 6.07) is 0. The number of aliphatic hydroxyl groups is 1. The molecule has 0 saturated heterocycles. The maximum absolute atomic E-state index is 11.3. The third-order valence-electron chi connectivity index (χ3n) is 2.69. The summed E-state index contributed by atoms with van der Waals surface area (Å²) < 4.78 is 10.3. The van der Waals surface area contributed by atoms with Crippen LogP contribution in [0.4, 0.5) is 0 Å². The van der Waals surface area contributed by atoms with E-state index in [1.807, 2.05) is 27.7 Å². The first-order valence-electron chi connectivity index (χ1n) is 5.85. The Morgan fingerprint density at radius 3 is 2.38 bits per heavy atom. The molecule has 0 aromatic heterocycles. The molecule has 4 nitrogen and oxygen atoms in total. The standard InChI is InChI=1S/C12H24O4/c1-6-9(3)11(14)15-8-10(13)16-12(4,5)7-2/h9-10,13H,6-8H2,1-5H3. The van der Waals surface area contributed by atoms with Crippen molar-refractivity contribution < 1.29 is 19.4 Å². The van der Waals surface area contributed by atoms with Crippen LogP contribution in [0, 0.1) is 5.92 Å². The first-order valence-corrected chi connectivity index (χ1v) is 5.85. The third kappa shape index (κ3) is 6.08. The van der Waals surface area contributed by atoms with Crippen molar-refractivity contribution in [2.24, 2.45) is 5.92 Å². The molecule has 2 atom stereocenters. The monoisotopic (exact) mass is 232 g/mol. The maximum atomic E-state index is 11.3. The Balaban J connectivity index is 3.90. The second-order valence-corrected chi connectivity index (χ2v) is 4.63. The quantitative estimate of drug-likeness (QED) is 0.539. The molecule has 1 N–H and O–H groups in total. The molecule has 0 aliphatic rings. The third-order valence-corrected chi connectivity index (χ3v) is 2.69. The topological polar surface area (TPSA) is 55.8 Å². The lowest BCUT2D eigenvalue weighted by molar-refractivity contribution is -0.201. The Labute approximate surface area is 97.9 Å². The molecule has 0 amide bonds. The highest BCUT2D eigenvalue weighted by molar-refractivity contribution is 5.71. The molecule has 16 heavy (non-hydrogen) atoms. The lowest BCUT2D eigenvalue weighted by atomic mass is 10.1. The van der Waals surface area contributed by atoms with E-state index >= 15 is 0 Å². The first-order chi connectivity index (χ1) is 7.32. The molecule has 0 rings (SSSR count). The van der Waals surface area contributed by atoms with E-state index in [-0.39, 0.29) is 18.5 Å². The molecule has 96 valence electrons. The maximum Gasteiger partial charge on any atom is 0.308 e. The van der Waals surface area contributed by atoms with E-state index < -0.39 is 11.9 Å². The molecule has 0 aromatic carbocycles. The Kier molecular flexibility index (Phi) is 6.60. The minimum atomic E-state index is -1.05. The summed E-state index contributed by atoms with van der Waals surface area (Å²) in [5.74, 6) is -0.425. The number of ether oxygens (including phenoxy) is 2. The fourth-order valence-electron chi connectivity index (χ4n) is 0.948. The van der Waals surface area contributed by atoms with Crippen LogP contribution < -0.4 is 0 Å². The first kappa shape index (κ1) is 15.4. The second kappa shape index (κ2) is 6.86. The van der Waals surface area contributed by atoms with Crippen LogP contribution in [-0.2, 0) is 14.3 Å². The van der Waals surface area contributed by atoms with E-state index in [4.69, 9.17) is 9.47 Å². The number of carbonyl (C=O) groups excluding carboxylic acids is 1. The second-order valence-electron chi connectivity index (χ2n) is 4.63. The van der Waals surface area contributed by atoms with Crippen LogP contribution in [0.15, 0.2) is 0 Å². The van der Waals surface area contributed by atoms with Crippen LogP contribution >= 0.6 is 0 Å². The number of rotatable bonds is 7. The largest absolute Gasteiger partial charge is 0.460 e. The zero-order valence-corrected chi connectivity index (χ0v) is 10.9. The van der Waals surface area contributed by atoms with Gasteiger partial charge in [0.1, 0.15) is 6.61 Å². The van der Waals surface area contributed by atoms with Gasteiger partial charge in [0, 0.05) is 0 Å². The summed E-state index contributed by atoms with van der Waals surface area (Å²) in [5.41, 5.74) is -0.401. The van der Waals surface area contributed by atoms with E-state index in [1.54, 1.807) is 6.92 Å². The van der Waals surface area contributed by atoms with Crippen molar-refractivity contribution >= 4 is 5.97 Å². The van der Waals surface area contributed by atoms with Crippen molar-refractivity contribution in [2.75, 3.05) is 6.61 Å². The van der Waals surface area contributed by atoms with Crippen molar-refractivity contribution in [3.05, 3.63) is 0 Å². The van der Waals surface area contributed by atoms with Gasteiger partial charge in [0.2, 0.25) is 0 Å². The predicted octanol–water partition coefficient (Wildman–Crippen LogP) is 2.10. The summed E-state index contributed by atoms with van der Waals surface area (Å²) in [4.78, 5) is 11.3. The highest BCUT2D eigenvalue weighted by Gasteiger charge is 2.22. The molecule has 0 spiro atoms. The summed E-state index contributed by atoms with van der Waals surface area (Å²) in [6.07, 6.45) is 0.461. The van der Waals surface area contributed by atoms with Crippen LogP contribution in [0.2, 0.25) is 0 Å². The predicted molar refractivity (Wildman–Crippen MR) is 61.9 cm³/mol. The Hall–Kier alpha value is -0.610. The van der Waals surface area contributed by atoms with Gasteiger partial charge < -0.3 is 14.6 Å². The minimum absolute atomic E-state index is 0.105. The van der Waals surface area contributed by atoms with Gasteiger partial charge in [-0.15, -0.1) is 0 Å². The van der Waals surface area contributed by atoms with Gasteiger partial charge in [0.25, 0.3) is 0 Å². The molecule has 0 fully saturated rings. The number of hydrogen-bond donors (Lipinski definition) is 1. The fraction of sp³-hybridized carbons (Fsp3) is 0.917. The van der Waals surface area contributed by atoms with Gasteiger partial charge in [-0.3, -0.25) is 4.79 Å². The number of aliphatic hydroxyl groups excluding tert-OH is 1. The van der Waals surface area contributed by atoms with E-state index in [2.05, 4.69) is 0 Å². The highest BCUT2D eigenvalue weighted by atomic mass is 16.6. The van der Waals surface area contributed by atoms with Crippen LogP contribution in [0.3, 0.4) is 0 Å². The van der Waals surface area contributed by atoms with E-state index in [1.165, 1.54) is 0 Å². The van der Waals surface area contributed by atoms with Crippen LogP contribution in [-0.4, -0.2) is 29.6 Å². The molecule has 0 aliphatic heterocycles. The van der Waals surface area contributed by atoms with Crippen LogP contribution in [0.25, 0.3) is 0 Å². The fourth-order valence-corrected chi connectivity index (χ4v) is 0.948. The van der Waals surface area contributed by atoms with Gasteiger partial charge in [0.15, 0.2) is 6.29 Å². The lowest BCUT2D eigenvalue weighted by Gasteiger charge is -2.26. The van der Waals surface area contributed by atoms with Crippen molar-refractivity contribution in [1.29, 1.82) is 0 Å². The smallest absolute Gasteiger partial charge is 0.308 e. The summed E-state index contributed by atoms with van der Waals surface area (Å²) in [6.45, 7) is 9.34. The summed E-state index contributed by atoms with van der Waals surface area (Å²) in [5, 5.41) is 9.52. The zero-order chi connectivity index (χ0) is 12.8. The number of hydrogen-bond acceptors (Lipinski definition) is 4. The number of esters is 1. The van der Waals surface area contributed by atoms with Crippen LogP contribution in [0.1, 0.15) is 47.5 Å². The SMILES string of the molecule is CCC(C)C(=O)OCC(O)OC(C)(C)CC. The summed E-state index contributed by atoms with van der Waals surface area (Å²) >= 11 is 0. The van der Waals surface area contributed by atoms with Gasteiger partial charge in [-0.2, -0.15) is 0 Å². The zero-order valence-electron chi connectivity index (χ0n) is 10.9. The minimum Gasteiger partial charge on any atom is -0.460 e. The van der Waals surface area contributed by atoms with Gasteiger partial charge in [-0.25, -0.2) is 0 Å². The van der Waals surface area contributed by atoms with Crippen LogP contribution in [0.5, 0.6) is 0 Å². The molecule has 4 heteroatoms. The molecule has 0 heterocycles. The summed E-state index contributed by atoms with van der Waals surface area (Å²) in [7, 11) is 0. The Bertz CT molecular complexity index is 213. The normalized spacial score (nSPS) is 15.6. The average molecular weight is 232 g/mol.